The Balaban J connectivity index is 1.65. The number of carbonyl (C=O) groups is 1. The lowest BCUT2D eigenvalue weighted by Gasteiger charge is -2.39. The summed E-state index contributed by atoms with van der Waals surface area (Å²) < 4.78 is 0. The third-order valence-corrected chi connectivity index (χ3v) is 5.56. The van der Waals surface area contributed by atoms with Crippen LogP contribution in [0, 0.1) is 17.8 Å². The average molecular weight is 270 g/mol. The molecule has 2 unspecified atom stereocenters. The van der Waals surface area contributed by atoms with Gasteiger partial charge in [0.1, 0.15) is 0 Å². The van der Waals surface area contributed by atoms with E-state index in [0.717, 1.165) is 24.3 Å². The van der Waals surface area contributed by atoms with Gasteiger partial charge < -0.3 is 10.6 Å². The molecule has 4 fully saturated rings. The third-order valence-electron chi connectivity index (χ3n) is 5.56. The van der Waals surface area contributed by atoms with Gasteiger partial charge in [0.15, 0.2) is 0 Å². The largest absolute Gasteiger partial charge is 0.398 e. The Bertz CT molecular complexity index is 528. The fourth-order valence-corrected chi connectivity index (χ4v) is 4.88. The predicted octanol–water partition coefficient (Wildman–Crippen LogP) is 2.92. The van der Waals surface area contributed by atoms with Crippen LogP contribution in [0.1, 0.15) is 42.5 Å². The Morgan fingerprint density at radius 2 is 1.65 bits per heavy atom. The highest BCUT2D eigenvalue weighted by molar-refractivity contribution is 5.99. The minimum Gasteiger partial charge on any atom is -0.398 e. The van der Waals surface area contributed by atoms with E-state index in [1.54, 1.807) is 0 Å². The van der Waals surface area contributed by atoms with Crippen LogP contribution in [0.2, 0.25) is 0 Å². The first kappa shape index (κ1) is 12.2. The summed E-state index contributed by atoms with van der Waals surface area (Å²) in [6.45, 7) is 0.949. The molecule has 2 saturated carbocycles. The molecule has 2 saturated heterocycles. The smallest absolute Gasteiger partial charge is 0.256 e. The lowest BCUT2D eigenvalue weighted by Crippen LogP contribution is -2.42. The van der Waals surface area contributed by atoms with Crippen molar-refractivity contribution in [1.29, 1.82) is 0 Å². The molecule has 1 aromatic rings. The van der Waals surface area contributed by atoms with Crippen molar-refractivity contribution in [2.45, 2.75) is 38.1 Å². The van der Waals surface area contributed by atoms with Crippen LogP contribution in [-0.2, 0) is 0 Å². The van der Waals surface area contributed by atoms with Crippen molar-refractivity contribution in [3.63, 3.8) is 0 Å². The molecule has 3 heteroatoms. The van der Waals surface area contributed by atoms with Crippen LogP contribution in [0.3, 0.4) is 0 Å². The predicted molar refractivity (Wildman–Crippen MR) is 79.2 cm³/mol. The molecule has 2 aliphatic heterocycles. The highest BCUT2D eigenvalue weighted by Gasteiger charge is 2.44. The molecule has 106 valence electrons. The average Bonchev–Trinajstić information content (AvgIpc) is 2.62. The second-order valence-corrected chi connectivity index (χ2v) is 6.98. The van der Waals surface area contributed by atoms with Gasteiger partial charge in [-0.2, -0.15) is 0 Å². The maximum absolute atomic E-state index is 12.9. The van der Waals surface area contributed by atoms with Gasteiger partial charge in [-0.05, 0) is 62.0 Å². The van der Waals surface area contributed by atoms with E-state index in [1.165, 1.54) is 32.1 Å². The van der Waals surface area contributed by atoms with E-state index in [4.69, 9.17) is 5.73 Å². The van der Waals surface area contributed by atoms with Crippen LogP contribution in [-0.4, -0.2) is 23.4 Å². The van der Waals surface area contributed by atoms with Crippen LogP contribution in [0.4, 0.5) is 5.69 Å². The molecular weight excluding hydrogens is 248 g/mol. The lowest BCUT2D eigenvalue weighted by molar-refractivity contribution is 0.0634. The minimum absolute atomic E-state index is 0.154. The Hall–Kier alpha value is -1.51. The fraction of sp³-hybridized carbons (Fsp3) is 0.588. The number of carbonyl (C=O) groups excluding carboxylic acids is 1. The SMILES string of the molecule is Nc1ccccc1C(=O)N1CC2CC3CC(C2)CC1C3. The summed E-state index contributed by atoms with van der Waals surface area (Å²) in [4.78, 5) is 15.0. The van der Waals surface area contributed by atoms with Gasteiger partial charge in [-0.3, -0.25) is 4.79 Å². The Morgan fingerprint density at radius 1 is 1.00 bits per heavy atom. The standard InChI is InChI=1S/C17H22N2O/c18-16-4-2-1-3-15(16)17(20)19-10-13-6-11-5-12(7-13)9-14(19)8-11/h1-4,11-14H,5-10,18H2. The molecule has 2 heterocycles. The Morgan fingerprint density at radius 3 is 2.35 bits per heavy atom. The number of benzene rings is 1. The minimum atomic E-state index is 0.154. The summed E-state index contributed by atoms with van der Waals surface area (Å²) in [5.74, 6) is 2.60. The summed E-state index contributed by atoms with van der Waals surface area (Å²) >= 11 is 0. The molecule has 0 aromatic heterocycles. The van der Waals surface area contributed by atoms with E-state index in [1.807, 2.05) is 24.3 Å². The van der Waals surface area contributed by atoms with Crippen molar-refractivity contribution in [3.8, 4) is 0 Å². The quantitative estimate of drug-likeness (QED) is 0.798. The maximum atomic E-state index is 12.9. The zero-order chi connectivity index (χ0) is 13.7. The van der Waals surface area contributed by atoms with E-state index >= 15 is 0 Å². The van der Waals surface area contributed by atoms with Gasteiger partial charge in [-0.1, -0.05) is 12.1 Å². The molecule has 2 N–H and O–H groups in total. The number of hydrogen-bond donors (Lipinski definition) is 1. The van der Waals surface area contributed by atoms with Gasteiger partial charge in [0.05, 0.1) is 5.56 Å². The lowest BCUT2D eigenvalue weighted by atomic mass is 9.68. The summed E-state index contributed by atoms with van der Waals surface area (Å²) in [5.41, 5.74) is 7.29. The van der Waals surface area contributed by atoms with E-state index in [-0.39, 0.29) is 5.91 Å². The van der Waals surface area contributed by atoms with Gasteiger partial charge in [0.2, 0.25) is 0 Å². The zero-order valence-electron chi connectivity index (χ0n) is 11.8. The number of hydrogen-bond acceptors (Lipinski definition) is 2. The highest BCUT2D eigenvalue weighted by Crippen LogP contribution is 2.47. The normalized spacial score (nSPS) is 35.1. The maximum Gasteiger partial charge on any atom is 0.256 e. The van der Waals surface area contributed by atoms with Crippen molar-refractivity contribution in [1.82, 2.24) is 4.90 Å². The fourth-order valence-electron chi connectivity index (χ4n) is 4.88. The Kier molecular flexibility index (Phi) is 2.76. The number of anilines is 1. The first-order valence-corrected chi connectivity index (χ1v) is 7.86. The highest BCUT2D eigenvalue weighted by atomic mass is 16.2. The van der Waals surface area contributed by atoms with Crippen molar-refractivity contribution < 1.29 is 4.79 Å². The van der Waals surface area contributed by atoms with Crippen LogP contribution < -0.4 is 5.73 Å². The zero-order valence-corrected chi connectivity index (χ0v) is 11.8. The van der Waals surface area contributed by atoms with Gasteiger partial charge in [0, 0.05) is 18.3 Å². The van der Waals surface area contributed by atoms with E-state index in [9.17, 15) is 4.79 Å². The van der Waals surface area contributed by atoms with E-state index in [0.29, 0.717) is 17.3 Å². The Labute approximate surface area is 120 Å². The second-order valence-electron chi connectivity index (χ2n) is 6.98. The van der Waals surface area contributed by atoms with Crippen molar-refractivity contribution in [2.24, 2.45) is 17.8 Å². The van der Waals surface area contributed by atoms with Gasteiger partial charge in [-0.15, -0.1) is 0 Å². The van der Waals surface area contributed by atoms with Crippen LogP contribution >= 0.6 is 0 Å². The molecule has 1 amide bonds. The first-order valence-electron chi connectivity index (χ1n) is 7.86. The molecule has 0 radical (unpaired) electrons. The molecule has 2 aliphatic carbocycles. The number of rotatable bonds is 1. The number of nitrogen functional groups attached to an aromatic ring is 1. The molecule has 1 aromatic carbocycles. The second kappa shape index (κ2) is 4.51. The van der Waals surface area contributed by atoms with Crippen LogP contribution in [0.25, 0.3) is 0 Å². The van der Waals surface area contributed by atoms with Gasteiger partial charge >= 0.3 is 0 Å². The molecule has 0 spiro atoms. The summed E-state index contributed by atoms with van der Waals surface area (Å²) in [7, 11) is 0. The van der Waals surface area contributed by atoms with Crippen molar-refractivity contribution in [3.05, 3.63) is 29.8 Å². The van der Waals surface area contributed by atoms with E-state index in [2.05, 4.69) is 4.90 Å². The molecule has 5 rings (SSSR count). The number of fused-ring (bicyclic) bond motifs is 1. The molecule has 3 nitrogen and oxygen atoms in total. The van der Waals surface area contributed by atoms with E-state index < -0.39 is 0 Å². The number of nitrogens with two attached hydrogens (primary N) is 1. The topological polar surface area (TPSA) is 46.3 Å². The molecule has 20 heavy (non-hydrogen) atoms. The van der Waals surface area contributed by atoms with Crippen LogP contribution in [0.15, 0.2) is 24.3 Å². The monoisotopic (exact) mass is 270 g/mol. The van der Waals surface area contributed by atoms with Crippen molar-refractivity contribution in [2.75, 3.05) is 12.3 Å². The third kappa shape index (κ3) is 1.91. The van der Waals surface area contributed by atoms with Crippen molar-refractivity contribution >= 4 is 11.6 Å². The van der Waals surface area contributed by atoms with Gasteiger partial charge in [0.25, 0.3) is 5.91 Å². The number of nitrogens with zero attached hydrogens (tertiary/aromatic N) is 1. The van der Waals surface area contributed by atoms with Gasteiger partial charge in [-0.25, -0.2) is 0 Å². The van der Waals surface area contributed by atoms with Crippen LogP contribution in [0.5, 0.6) is 0 Å². The summed E-state index contributed by atoms with van der Waals surface area (Å²) in [6, 6.07) is 7.95. The number of amides is 1. The molecule has 2 atom stereocenters. The molecule has 4 aliphatic rings. The number of para-hydroxylation sites is 1. The molecule has 4 bridgehead atoms. The summed E-state index contributed by atoms with van der Waals surface area (Å²) in [5, 5.41) is 0. The first-order chi connectivity index (χ1) is 9.70. The molecular formula is C17H22N2O. The summed E-state index contributed by atoms with van der Waals surface area (Å²) in [6.07, 6.45) is 6.50.